The minimum absolute atomic E-state index is 0.370. The molecule has 0 saturated heterocycles. The fourth-order valence-corrected chi connectivity index (χ4v) is 2.18. The Morgan fingerprint density at radius 3 is 2.50 bits per heavy atom. The van der Waals surface area contributed by atoms with Crippen LogP contribution in [0.2, 0.25) is 0 Å². The van der Waals surface area contributed by atoms with Crippen molar-refractivity contribution in [1.82, 2.24) is 10.3 Å². The molecule has 5 heteroatoms. The maximum absolute atomic E-state index is 13.2. The topological polar surface area (TPSA) is 34.2 Å². The number of nitrogens with zero attached hydrogens (tertiary/aromatic N) is 1. The lowest BCUT2D eigenvalue weighted by atomic mass is 10.1. The Balaban J connectivity index is 2.34. The number of pyridine rings is 1. The Morgan fingerprint density at radius 2 is 1.90 bits per heavy atom. The summed E-state index contributed by atoms with van der Waals surface area (Å²) in [6.45, 7) is 4.49. The van der Waals surface area contributed by atoms with Crippen LogP contribution in [0.4, 0.5) is 4.39 Å². The molecule has 0 amide bonds. The third-order valence-corrected chi connectivity index (χ3v) is 4.13. The Kier molecular flexibility index (Phi) is 4.73. The predicted octanol–water partition coefficient (Wildman–Crippen LogP) is 4.11. The first kappa shape index (κ1) is 14.9. The van der Waals surface area contributed by atoms with Crippen LogP contribution in [0.25, 0.3) is 0 Å². The highest BCUT2D eigenvalue weighted by atomic mass is 79.9. The van der Waals surface area contributed by atoms with Crippen LogP contribution in [0, 0.1) is 19.7 Å². The quantitative estimate of drug-likeness (QED) is 0.910. The molecule has 0 fully saturated rings. The van der Waals surface area contributed by atoms with Gasteiger partial charge in [0.2, 0.25) is 5.88 Å². The fourth-order valence-electron chi connectivity index (χ4n) is 1.95. The number of halogens is 2. The van der Waals surface area contributed by atoms with E-state index in [-0.39, 0.29) is 5.82 Å². The van der Waals surface area contributed by atoms with Crippen molar-refractivity contribution in [2.75, 3.05) is 7.05 Å². The first-order valence-electron chi connectivity index (χ1n) is 6.25. The van der Waals surface area contributed by atoms with E-state index < -0.39 is 0 Å². The van der Waals surface area contributed by atoms with Crippen LogP contribution in [0.3, 0.4) is 0 Å². The molecule has 106 valence electrons. The average Bonchev–Trinajstić information content (AvgIpc) is 2.39. The van der Waals surface area contributed by atoms with E-state index in [9.17, 15) is 4.39 Å². The SMILES string of the molecule is CNCc1cc(F)cnc1Oc1cc(C)c(Br)c(C)c1. The molecule has 0 bridgehead atoms. The number of ether oxygens (including phenoxy) is 1. The molecule has 1 N–H and O–H groups in total. The minimum atomic E-state index is -0.370. The van der Waals surface area contributed by atoms with Gasteiger partial charge in [0.1, 0.15) is 11.6 Å². The zero-order valence-electron chi connectivity index (χ0n) is 11.6. The van der Waals surface area contributed by atoms with Gasteiger partial charge in [-0.1, -0.05) is 15.9 Å². The molecule has 1 aromatic heterocycles. The molecule has 1 aromatic carbocycles. The first-order chi connectivity index (χ1) is 9.51. The van der Waals surface area contributed by atoms with E-state index in [1.54, 1.807) is 7.05 Å². The Hall–Kier alpha value is -1.46. The molecular weight excluding hydrogens is 323 g/mol. The van der Waals surface area contributed by atoms with E-state index in [0.717, 1.165) is 21.8 Å². The van der Waals surface area contributed by atoms with Gasteiger partial charge < -0.3 is 10.1 Å². The zero-order valence-corrected chi connectivity index (χ0v) is 13.2. The molecule has 0 radical (unpaired) electrons. The van der Waals surface area contributed by atoms with E-state index in [1.165, 1.54) is 6.07 Å². The molecule has 2 aromatic rings. The molecule has 0 aliphatic rings. The molecule has 0 spiro atoms. The summed E-state index contributed by atoms with van der Waals surface area (Å²) in [4.78, 5) is 4.02. The van der Waals surface area contributed by atoms with Crippen LogP contribution in [0.5, 0.6) is 11.6 Å². The second-order valence-corrected chi connectivity index (χ2v) is 5.41. The summed E-state index contributed by atoms with van der Waals surface area (Å²) in [5.41, 5.74) is 2.85. The molecule has 0 aliphatic carbocycles. The van der Waals surface area contributed by atoms with Crippen molar-refractivity contribution in [2.24, 2.45) is 0 Å². The highest BCUT2D eigenvalue weighted by Crippen LogP contribution is 2.30. The van der Waals surface area contributed by atoms with E-state index >= 15 is 0 Å². The van der Waals surface area contributed by atoms with Gasteiger partial charge in [0, 0.05) is 16.6 Å². The molecule has 0 aliphatic heterocycles. The highest BCUT2D eigenvalue weighted by Gasteiger charge is 2.10. The van der Waals surface area contributed by atoms with E-state index in [2.05, 4.69) is 26.2 Å². The normalized spacial score (nSPS) is 10.7. The number of benzene rings is 1. The lowest BCUT2D eigenvalue weighted by molar-refractivity contribution is 0.449. The summed E-state index contributed by atoms with van der Waals surface area (Å²) in [6, 6.07) is 5.27. The number of rotatable bonds is 4. The fraction of sp³-hybridized carbons (Fsp3) is 0.267. The van der Waals surface area contributed by atoms with E-state index in [1.807, 2.05) is 26.0 Å². The van der Waals surface area contributed by atoms with E-state index in [4.69, 9.17) is 4.74 Å². The van der Waals surface area contributed by atoms with Crippen LogP contribution < -0.4 is 10.1 Å². The number of aryl methyl sites for hydroxylation is 2. The molecule has 20 heavy (non-hydrogen) atoms. The van der Waals surface area contributed by atoms with Crippen molar-refractivity contribution >= 4 is 15.9 Å². The van der Waals surface area contributed by atoms with Crippen LogP contribution in [-0.2, 0) is 6.54 Å². The molecule has 1 heterocycles. The molecule has 0 atom stereocenters. The number of aromatic nitrogens is 1. The summed E-state index contributed by atoms with van der Waals surface area (Å²) < 4.78 is 20.1. The summed E-state index contributed by atoms with van der Waals surface area (Å²) in [6.07, 6.45) is 1.16. The lowest BCUT2D eigenvalue weighted by Crippen LogP contribution is -2.08. The van der Waals surface area contributed by atoms with Crippen molar-refractivity contribution in [3.05, 3.63) is 51.4 Å². The molecule has 3 nitrogen and oxygen atoms in total. The lowest BCUT2D eigenvalue weighted by Gasteiger charge is -2.12. The molecule has 2 rings (SSSR count). The summed E-state index contributed by atoms with van der Waals surface area (Å²) in [5.74, 6) is 0.743. The van der Waals surface area contributed by atoms with Crippen molar-refractivity contribution in [3.63, 3.8) is 0 Å². The number of nitrogens with one attached hydrogen (secondary N) is 1. The van der Waals surface area contributed by atoms with Gasteiger partial charge in [-0.15, -0.1) is 0 Å². The van der Waals surface area contributed by atoms with Crippen LogP contribution in [-0.4, -0.2) is 12.0 Å². The van der Waals surface area contributed by atoms with Gasteiger partial charge in [0.05, 0.1) is 6.20 Å². The maximum atomic E-state index is 13.2. The van der Waals surface area contributed by atoms with Gasteiger partial charge in [-0.3, -0.25) is 0 Å². The highest BCUT2D eigenvalue weighted by molar-refractivity contribution is 9.10. The van der Waals surface area contributed by atoms with Gasteiger partial charge in [-0.05, 0) is 50.2 Å². The minimum Gasteiger partial charge on any atom is -0.439 e. The molecular formula is C15H16BrFN2O. The maximum Gasteiger partial charge on any atom is 0.223 e. The number of hydrogen-bond acceptors (Lipinski definition) is 3. The third kappa shape index (κ3) is 3.35. The number of hydrogen-bond donors (Lipinski definition) is 1. The summed E-state index contributed by atoms with van der Waals surface area (Å²) in [5, 5.41) is 2.98. The second-order valence-electron chi connectivity index (χ2n) is 4.62. The second kappa shape index (κ2) is 6.33. The van der Waals surface area contributed by atoms with Gasteiger partial charge in [0.25, 0.3) is 0 Å². The van der Waals surface area contributed by atoms with Crippen LogP contribution in [0.15, 0.2) is 28.9 Å². The van der Waals surface area contributed by atoms with Crippen molar-refractivity contribution in [1.29, 1.82) is 0 Å². The largest absolute Gasteiger partial charge is 0.439 e. The van der Waals surface area contributed by atoms with Gasteiger partial charge in [0.15, 0.2) is 0 Å². The standard InChI is InChI=1S/C15H16BrFN2O/c1-9-4-13(5-10(2)14(9)16)20-15-11(7-18-3)6-12(17)8-19-15/h4-6,8,18H,7H2,1-3H3. The van der Waals surface area contributed by atoms with E-state index in [0.29, 0.717) is 23.7 Å². The monoisotopic (exact) mass is 338 g/mol. The van der Waals surface area contributed by atoms with Crippen LogP contribution in [0.1, 0.15) is 16.7 Å². The average molecular weight is 339 g/mol. The zero-order chi connectivity index (χ0) is 14.7. The van der Waals surface area contributed by atoms with Crippen molar-refractivity contribution in [2.45, 2.75) is 20.4 Å². The summed E-state index contributed by atoms with van der Waals surface area (Å²) in [7, 11) is 1.79. The van der Waals surface area contributed by atoms with Gasteiger partial charge in [-0.2, -0.15) is 0 Å². The van der Waals surface area contributed by atoms with Gasteiger partial charge >= 0.3 is 0 Å². The Bertz CT molecular complexity index is 608. The van der Waals surface area contributed by atoms with Gasteiger partial charge in [-0.25, -0.2) is 9.37 Å². The predicted molar refractivity (Wildman–Crippen MR) is 80.6 cm³/mol. The Labute approximate surface area is 126 Å². The van der Waals surface area contributed by atoms with Crippen molar-refractivity contribution < 1.29 is 9.13 Å². The first-order valence-corrected chi connectivity index (χ1v) is 7.04. The van der Waals surface area contributed by atoms with Crippen LogP contribution >= 0.6 is 15.9 Å². The molecule has 0 saturated carbocycles. The Morgan fingerprint density at radius 1 is 1.25 bits per heavy atom. The smallest absolute Gasteiger partial charge is 0.223 e. The molecule has 0 unspecified atom stereocenters. The third-order valence-electron chi connectivity index (χ3n) is 2.88. The van der Waals surface area contributed by atoms with Crippen molar-refractivity contribution in [3.8, 4) is 11.6 Å². The summed E-state index contributed by atoms with van der Waals surface area (Å²) >= 11 is 3.52.